The van der Waals surface area contributed by atoms with E-state index in [1.807, 2.05) is 60.7 Å². The number of hydrogen-bond donors (Lipinski definition) is 1. The van der Waals surface area contributed by atoms with Gasteiger partial charge in [0.15, 0.2) is 17.6 Å². The van der Waals surface area contributed by atoms with Crippen LogP contribution >= 0.6 is 0 Å². The number of amides is 1. The summed E-state index contributed by atoms with van der Waals surface area (Å²) in [4.78, 5) is 12.4. The van der Waals surface area contributed by atoms with Gasteiger partial charge in [-0.2, -0.15) is 0 Å². The second-order valence-corrected chi connectivity index (χ2v) is 6.14. The maximum Gasteiger partial charge on any atom is 0.261 e. The number of nitrogens with one attached hydrogen (secondary N) is 1. The van der Waals surface area contributed by atoms with Gasteiger partial charge in [-0.05, 0) is 36.1 Å². The second-order valence-electron chi connectivity index (χ2n) is 6.14. The second kappa shape index (κ2) is 6.96. The molecule has 0 aromatic heterocycles. The lowest BCUT2D eigenvalue weighted by Gasteiger charge is -2.16. The molecule has 26 heavy (non-hydrogen) atoms. The van der Waals surface area contributed by atoms with Crippen molar-refractivity contribution < 1.29 is 19.0 Å². The number of carbonyl (C=O) groups excluding carboxylic acids is 1. The Labute approximate surface area is 151 Å². The third kappa shape index (κ3) is 3.28. The Morgan fingerprint density at radius 2 is 1.88 bits per heavy atom. The van der Waals surface area contributed by atoms with Crippen molar-refractivity contribution >= 4 is 16.7 Å². The first-order valence-corrected chi connectivity index (χ1v) is 8.51. The van der Waals surface area contributed by atoms with Crippen molar-refractivity contribution in [3.63, 3.8) is 0 Å². The van der Waals surface area contributed by atoms with Gasteiger partial charge in [-0.1, -0.05) is 42.5 Å². The molecule has 5 heteroatoms. The molecule has 1 aliphatic heterocycles. The first kappa shape index (κ1) is 16.3. The molecule has 0 aliphatic carbocycles. The summed E-state index contributed by atoms with van der Waals surface area (Å²) in [6, 6.07) is 19.4. The molecule has 1 aliphatic rings. The molecule has 0 bridgehead atoms. The van der Waals surface area contributed by atoms with Crippen LogP contribution in [0.2, 0.25) is 0 Å². The fraction of sp³-hybridized carbons (Fsp3) is 0.190. The van der Waals surface area contributed by atoms with Crippen LogP contribution in [0.4, 0.5) is 0 Å². The number of rotatable bonds is 5. The monoisotopic (exact) mass is 349 g/mol. The van der Waals surface area contributed by atoms with Crippen molar-refractivity contribution in [2.24, 2.45) is 0 Å². The van der Waals surface area contributed by atoms with Crippen LogP contribution in [0.15, 0.2) is 60.7 Å². The van der Waals surface area contributed by atoms with Gasteiger partial charge >= 0.3 is 0 Å². The summed E-state index contributed by atoms with van der Waals surface area (Å²) in [7, 11) is 0. The van der Waals surface area contributed by atoms with E-state index in [9.17, 15) is 4.79 Å². The summed E-state index contributed by atoms with van der Waals surface area (Å²) in [5.74, 6) is 1.97. The Morgan fingerprint density at radius 3 is 2.81 bits per heavy atom. The number of hydrogen-bond acceptors (Lipinski definition) is 4. The summed E-state index contributed by atoms with van der Waals surface area (Å²) in [5.41, 5.74) is 0.944. The van der Waals surface area contributed by atoms with Crippen LogP contribution in [0.3, 0.4) is 0 Å². The van der Waals surface area contributed by atoms with Gasteiger partial charge in [0.1, 0.15) is 5.75 Å². The molecular formula is C21H19NO4. The molecule has 5 nitrogen and oxygen atoms in total. The van der Waals surface area contributed by atoms with Crippen molar-refractivity contribution in [3.8, 4) is 17.2 Å². The number of carbonyl (C=O) groups is 1. The maximum absolute atomic E-state index is 12.4. The SMILES string of the molecule is C[C@H](Oc1cccc2ccccc12)C(=O)NCc1ccc2c(c1)OCO2. The predicted molar refractivity (Wildman–Crippen MR) is 98.4 cm³/mol. The van der Waals surface area contributed by atoms with Crippen LogP contribution in [0, 0.1) is 0 Å². The molecule has 4 rings (SSSR count). The fourth-order valence-corrected chi connectivity index (χ4v) is 2.93. The van der Waals surface area contributed by atoms with E-state index < -0.39 is 6.10 Å². The minimum absolute atomic E-state index is 0.171. The maximum atomic E-state index is 12.4. The van der Waals surface area contributed by atoms with Crippen molar-refractivity contribution in [3.05, 3.63) is 66.2 Å². The van der Waals surface area contributed by atoms with Crippen molar-refractivity contribution in [1.82, 2.24) is 5.32 Å². The zero-order valence-corrected chi connectivity index (χ0v) is 14.4. The van der Waals surface area contributed by atoms with Gasteiger partial charge in [-0.15, -0.1) is 0 Å². The molecular weight excluding hydrogens is 330 g/mol. The molecule has 0 unspecified atom stereocenters. The molecule has 1 N–H and O–H groups in total. The normalized spacial score (nSPS) is 13.4. The van der Waals surface area contributed by atoms with E-state index in [-0.39, 0.29) is 12.7 Å². The van der Waals surface area contributed by atoms with Crippen LogP contribution in [0.5, 0.6) is 17.2 Å². The van der Waals surface area contributed by atoms with E-state index >= 15 is 0 Å². The van der Waals surface area contributed by atoms with Crippen LogP contribution in [0.1, 0.15) is 12.5 Å². The van der Waals surface area contributed by atoms with Gasteiger partial charge in [0.2, 0.25) is 6.79 Å². The lowest BCUT2D eigenvalue weighted by molar-refractivity contribution is -0.127. The average Bonchev–Trinajstić information content (AvgIpc) is 3.14. The molecule has 1 atom stereocenters. The van der Waals surface area contributed by atoms with Crippen LogP contribution in [-0.4, -0.2) is 18.8 Å². The Balaban J connectivity index is 1.40. The first-order chi connectivity index (χ1) is 12.7. The largest absolute Gasteiger partial charge is 0.480 e. The standard InChI is InChI=1S/C21H19NO4/c1-14(26-18-8-4-6-16-5-2-3-7-17(16)18)21(23)22-12-15-9-10-19-20(11-15)25-13-24-19/h2-11,14H,12-13H2,1H3,(H,22,23)/t14-/m0/s1. The van der Waals surface area contributed by atoms with E-state index in [1.54, 1.807) is 6.92 Å². The van der Waals surface area contributed by atoms with Crippen LogP contribution < -0.4 is 19.5 Å². The van der Waals surface area contributed by atoms with Crippen molar-refractivity contribution in [2.75, 3.05) is 6.79 Å². The van der Waals surface area contributed by atoms with E-state index in [0.717, 1.165) is 22.1 Å². The Kier molecular flexibility index (Phi) is 4.35. The highest BCUT2D eigenvalue weighted by Crippen LogP contribution is 2.32. The molecule has 0 saturated heterocycles. The molecule has 0 fully saturated rings. The summed E-state index contributed by atoms with van der Waals surface area (Å²) in [6.07, 6.45) is -0.602. The van der Waals surface area contributed by atoms with Gasteiger partial charge in [0.25, 0.3) is 5.91 Å². The lowest BCUT2D eigenvalue weighted by atomic mass is 10.1. The third-order valence-corrected chi connectivity index (χ3v) is 4.33. The fourth-order valence-electron chi connectivity index (χ4n) is 2.93. The van der Waals surface area contributed by atoms with Gasteiger partial charge in [0, 0.05) is 11.9 Å². The molecule has 3 aromatic carbocycles. The summed E-state index contributed by atoms with van der Waals surface area (Å²) in [6.45, 7) is 2.39. The van der Waals surface area contributed by atoms with E-state index in [1.165, 1.54) is 0 Å². The molecule has 0 radical (unpaired) electrons. The topological polar surface area (TPSA) is 56.8 Å². The Hall–Kier alpha value is -3.21. The van der Waals surface area contributed by atoms with Crippen LogP contribution in [-0.2, 0) is 11.3 Å². The molecule has 0 saturated carbocycles. The van der Waals surface area contributed by atoms with Crippen molar-refractivity contribution in [2.45, 2.75) is 19.6 Å². The minimum atomic E-state index is -0.602. The highest BCUT2D eigenvalue weighted by molar-refractivity contribution is 5.89. The lowest BCUT2D eigenvalue weighted by Crippen LogP contribution is -2.35. The highest BCUT2D eigenvalue weighted by Gasteiger charge is 2.17. The van der Waals surface area contributed by atoms with Crippen LogP contribution in [0.25, 0.3) is 10.8 Å². The van der Waals surface area contributed by atoms with E-state index in [2.05, 4.69) is 5.32 Å². The molecule has 1 heterocycles. The predicted octanol–water partition coefficient (Wildman–Crippen LogP) is 3.65. The number of fused-ring (bicyclic) bond motifs is 2. The molecule has 3 aromatic rings. The van der Waals surface area contributed by atoms with E-state index in [4.69, 9.17) is 14.2 Å². The van der Waals surface area contributed by atoms with Gasteiger partial charge in [-0.3, -0.25) is 4.79 Å². The Bertz CT molecular complexity index is 948. The quantitative estimate of drug-likeness (QED) is 0.764. The zero-order valence-electron chi connectivity index (χ0n) is 14.4. The summed E-state index contributed by atoms with van der Waals surface area (Å²) >= 11 is 0. The zero-order chi connectivity index (χ0) is 17.9. The van der Waals surface area contributed by atoms with Gasteiger partial charge in [-0.25, -0.2) is 0 Å². The first-order valence-electron chi connectivity index (χ1n) is 8.51. The third-order valence-electron chi connectivity index (χ3n) is 4.33. The molecule has 1 amide bonds. The molecule has 0 spiro atoms. The molecule has 132 valence electrons. The number of benzene rings is 3. The minimum Gasteiger partial charge on any atom is -0.480 e. The average molecular weight is 349 g/mol. The highest BCUT2D eigenvalue weighted by atomic mass is 16.7. The van der Waals surface area contributed by atoms with Gasteiger partial charge in [0.05, 0.1) is 0 Å². The summed E-state index contributed by atoms with van der Waals surface area (Å²) in [5, 5.41) is 4.97. The van der Waals surface area contributed by atoms with Gasteiger partial charge < -0.3 is 19.5 Å². The van der Waals surface area contributed by atoms with Crippen molar-refractivity contribution in [1.29, 1.82) is 0 Å². The number of ether oxygens (including phenoxy) is 3. The Morgan fingerprint density at radius 1 is 1.08 bits per heavy atom. The summed E-state index contributed by atoms with van der Waals surface area (Å²) < 4.78 is 16.5. The smallest absolute Gasteiger partial charge is 0.261 e. The van der Waals surface area contributed by atoms with E-state index in [0.29, 0.717) is 18.0 Å².